The molecular formula is C16H25NO2. The van der Waals surface area contributed by atoms with Crippen LogP contribution in [0.2, 0.25) is 0 Å². The van der Waals surface area contributed by atoms with E-state index in [2.05, 4.69) is 26.1 Å². The van der Waals surface area contributed by atoms with Crippen LogP contribution in [0.3, 0.4) is 0 Å². The van der Waals surface area contributed by atoms with E-state index < -0.39 is 5.54 Å². The van der Waals surface area contributed by atoms with Gasteiger partial charge >= 0.3 is 0 Å². The summed E-state index contributed by atoms with van der Waals surface area (Å²) < 4.78 is 0. The molecule has 19 heavy (non-hydrogen) atoms. The fourth-order valence-corrected chi connectivity index (χ4v) is 1.71. The first-order valence-electron chi connectivity index (χ1n) is 6.76. The topological polar surface area (TPSA) is 49.3 Å². The lowest BCUT2D eigenvalue weighted by Gasteiger charge is -2.27. The normalized spacial score (nSPS) is 14.8. The number of benzene rings is 1. The predicted octanol–water partition coefficient (Wildman–Crippen LogP) is 2.87. The molecule has 3 heteroatoms. The van der Waals surface area contributed by atoms with Gasteiger partial charge in [0.25, 0.3) is 5.91 Å². The standard InChI is InChI=1S/C16H25NO2/c1-6-16(5,11-18)17-14(19)12-7-9-13(10-8-12)15(2,3)4/h7-10,18H,6,11H2,1-5H3,(H,17,19). The summed E-state index contributed by atoms with van der Waals surface area (Å²) in [6.45, 7) is 10.1. The second-order valence-corrected chi connectivity index (χ2v) is 6.35. The first kappa shape index (κ1) is 15.7. The molecule has 0 bridgehead atoms. The van der Waals surface area contributed by atoms with Crippen molar-refractivity contribution in [1.29, 1.82) is 0 Å². The molecule has 2 N–H and O–H groups in total. The molecule has 0 saturated heterocycles. The number of aliphatic hydroxyl groups excluding tert-OH is 1. The average molecular weight is 263 g/mol. The van der Waals surface area contributed by atoms with Gasteiger partial charge in [-0.1, -0.05) is 39.8 Å². The zero-order chi connectivity index (χ0) is 14.7. The Hall–Kier alpha value is -1.35. The molecule has 1 rings (SSSR count). The Balaban J connectivity index is 2.85. The van der Waals surface area contributed by atoms with Crippen LogP contribution in [0.1, 0.15) is 57.0 Å². The Morgan fingerprint density at radius 3 is 2.05 bits per heavy atom. The number of rotatable bonds is 4. The van der Waals surface area contributed by atoms with Gasteiger partial charge in [0, 0.05) is 5.56 Å². The highest BCUT2D eigenvalue weighted by molar-refractivity contribution is 5.94. The summed E-state index contributed by atoms with van der Waals surface area (Å²) in [4.78, 5) is 12.1. The van der Waals surface area contributed by atoms with Crippen molar-refractivity contribution in [1.82, 2.24) is 5.32 Å². The number of carbonyl (C=O) groups excluding carboxylic acids is 1. The molecule has 1 aromatic carbocycles. The van der Waals surface area contributed by atoms with Crippen molar-refractivity contribution in [2.24, 2.45) is 0 Å². The summed E-state index contributed by atoms with van der Waals surface area (Å²) in [7, 11) is 0. The molecule has 0 aliphatic carbocycles. The molecule has 106 valence electrons. The van der Waals surface area contributed by atoms with Crippen molar-refractivity contribution in [3.05, 3.63) is 35.4 Å². The van der Waals surface area contributed by atoms with Gasteiger partial charge in [-0.05, 0) is 36.5 Å². The third kappa shape index (κ3) is 4.06. The molecule has 1 atom stereocenters. The van der Waals surface area contributed by atoms with E-state index in [1.54, 1.807) is 0 Å². The van der Waals surface area contributed by atoms with Crippen molar-refractivity contribution >= 4 is 5.91 Å². The summed E-state index contributed by atoms with van der Waals surface area (Å²) in [5.74, 6) is -0.140. The second-order valence-electron chi connectivity index (χ2n) is 6.35. The van der Waals surface area contributed by atoms with Gasteiger partial charge in [0.1, 0.15) is 0 Å². The molecule has 0 aromatic heterocycles. The van der Waals surface area contributed by atoms with Crippen molar-refractivity contribution in [3.8, 4) is 0 Å². The maximum atomic E-state index is 12.1. The summed E-state index contributed by atoms with van der Waals surface area (Å²) in [6.07, 6.45) is 0.690. The molecule has 1 unspecified atom stereocenters. The molecule has 0 radical (unpaired) electrons. The summed E-state index contributed by atoms with van der Waals surface area (Å²) in [6, 6.07) is 7.64. The van der Waals surface area contributed by atoms with Gasteiger partial charge in [0.2, 0.25) is 0 Å². The molecule has 0 fully saturated rings. The Morgan fingerprint density at radius 2 is 1.68 bits per heavy atom. The quantitative estimate of drug-likeness (QED) is 0.877. The molecular weight excluding hydrogens is 238 g/mol. The molecule has 3 nitrogen and oxygen atoms in total. The number of hydrogen-bond acceptors (Lipinski definition) is 2. The van der Waals surface area contributed by atoms with Crippen molar-refractivity contribution < 1.29 is 9.90 Å². The molecule has 0 heterocycles. The highest BCUT2D eigenvalue weighted by atomic mass is 16.3. The average Bonchev–Trinajstić information content (AvgIpc) is 2.37. The first-order valence-corrected chi connectivity index (χ1v) is 6.76. The fraction of sp³-hybridized carbons (Fsp3) is 0.562. The highest BCUT2D eigenvalue weighted by Gasteiger charge is 2.24. The molecule has 1 amide bonds. The van der Waals surface area contributed by atoms with Gasteiger partial charge in [-0.3, -0.25) is 4.79 Å². The van der Waals surface area contributed by atoms with Crippen molar-refractivity contribution in [2.75, 3.05) is 6.61 Å². The molecule has 0 saturated carbocycles. The van der Waals surface area contributed by atoms with E-state index in [9.17, 15) is 9.90 Å². The van der Waals surface area contributed by atoms with E-state index in [0.29, 0.717) is 12.0 Å². The second kappa shape index (κ2) is 5.74. The van der Waals surface area contributed by atoms with Gasteiger partial charge in [0.15, 0.2) is 0 Å². The number of amides is 1. The molecule has 0 aliphatic rings. The third-order valence-corrected chi connectivity index (χ3v) is 3.56. The highest BCUT2D eigenvalue weighted by Crippen LogP contribution is 2.22. The van der Waals surface area contributed by atoms with Crippen LogP contribution in [0, 0.1) is 0 Å². The van der Waals surface area contributed by atoms with Crippen LogP contribution in [0.4, 0.5) is 0 Å². The minimum Gasteiger partial charge on any atom is -0.394 e. The smallest absolute Gasteiger partial charge is 0.251 e. The lowest BCUT2D eigenvalue weighted by atomic mass is 9.86. The van der Waals surface area contributed by atoms with E-state index in [1.807, 2.05) is 38.1 Å². The maximum absolute atomic E-state index is 12.1. The van der Waals surface area contributed by atoms with Crippen LogP contribution in [0.15, 0.2) is 24.3 Å². The molecule has 0 spiro atoms. The van der Waals surface area contributed by atoms with E-state index in [1.165, 1.54) is 5.56 Å². The Kier molecular flexibility index (Phi) is 4.75. The summed E-state index contributed by atoms with van der Waals surface area (Å²) in [5, 5.41) is 12.2. The van der Waals surface area contributed by atoms with Crippen LogP contribution >= 0.6 is 0 Å². The van der Waals surface area contributed by atoms with Crippen LogP contribution in [0.25, 0.3) is 0 Å². The number of aliphatic hydroxyl groups is 1. The number of carbonyl (C=O) groups is 1. The largest absolute Gasteiger partial charge is 0.394 e. The lowest BCUT2D eigenvalue weighted by molar-refractivity contribution is 0.0847. The predicted molar refractivity (Wildman–Crippen MR) is 78.4 cm³/mol. The molecule has 0 aliphatic heterocycles. The summed E-state index contributed by atoms with van der Waals surface area (Å²) in [5.41, 5.74) is 1.35. The fourth-order valence-electron chi connectivity index (χ4n) is 1.71. The lowest BCUT2D eigenvalue weighted by Crippen LogP contribution is -2.48. The zero-order valence-electron chi connectivity index (χ0n) is 12.6. The van der Waals surface area contributed by atoms with E-state index in [4.69, 9.17) is 0 Å². The van der Waals surface area contributed by atoms with Crippen LogP contribution in [-0.4, -0.2) is 23.2 Å². The minimum atomic E-state index is -0.556. The maximum Gasteiger partial charge on any atom is 0.251 e. The monoisotopic (exact) mass is 263 g/mol. The van der Waals surface area contributed by atoms with E-state index in [0.717, 1.165) is 0 Å². The summed E-state index contributed by atoms with van der Waals surface area (Å²) >= 11 is 0. The Morgan fingerprint density at radius 1 is 1.16 bits per heavy atom. The van der Waals surface area contributed by atoms with E-state index in [-0.39, 0.29) is 17.9 Å². The van der Waals surface area contributed by atoms with Gasteiger partial charge < -0.3 is 10.4 Å². The van der Waals surface area contributed by atoms with Crippen LogP contribution < -0.4 is 5.32 Å². The van der Waals surface area contributed by atoms with Gasteiger partial charge in [0.05, 0.1) is 12.1 Å². The SMILES string of the molecule is CCC(C)(CO)NC(=O)c1ccc(C(C)(C)C)cc1. The number of hydrogen-bond donors (Lipinski definition) is 2. The van der Waals surface area contributed by atoms with Crippen molar-refractivity contribution in [2.45, 2.75) is 52.0 Å². The third-order valence-electron chi connectivity index (χ3n) is 3.56. The number of nitrogens with one attached hydrogen (secondary N) is 1. The van der Waals surface area contributed by atoms with Crippen LogP contribution in [-0.2, 0) is 5.41 Å². The van der Waals surface area contributed by atoms with Gasteiger partial charge in [-0.25, -0.2) is 0 Å². The van der Waals surface area contributed by atoms with Gasteiger partial charge in [-0.2, -0.15) is 0 Å². The van der Waals surface area contributed by atoms with Gasteiger partial charge in [-0.15, -0.1) is 0 Å². The Labute approximate surface area is 116 Å². The zero-order valence-corrected chi connectivity index (χ0v) is 12.6. The Bertz CT molecular complexity index is 425. The molecule has 1 aromatic rings. The first-order chi connectivity index (χ1) is 8.72. The van der Waals surface area contributed by atoms with E-state index >= 15 is 0 Å². The van der Waals surface area contributed by atoms with Crippen LogP contribution in [0.5, 0.6) is 0 Å². The van der Waals surface area contributed by atoms with Crippen molar-refractivity contribution in [3.63, 3.8) is 0 Å². The minimum absolute atomic E-state index is 0.0602.